The molecule has 2 aromatic heterocycles. The molecular weight excluding hydrogens is 542 g/mol. The summed E-state index contributed by atoms with van der Waals surface area (Å²) in [4.78, 5) is 20.2. The van der Waals surface area contributed by atoms with Crippen molar-refractivity contribution in [3.05, 3.63) is 64.6 Å². The number of hydrogen-bond donors (Lipinski definition) is 2. The maximum atomic E-state index is 12.6. The summed E-state index contributed by atoms with van der Waals surface area (Å²) in [6.07, 6.45) is 5.68. The Morgan fingerprint density at radius 2 is 1.89 bits per heavy atom. The minimum atomic E-state index is -0.656. The third kappa shape index (κ3) is 5.05. The Kier molecular flexibility index (Phi) is 7.43. The number of aromatic nitrogens is 5. The van der Waals surface area contributed by atoms with Gasteiger partial charge in [-0.1, -0.05) is 71.2 Å². The van der Waals surface area contributed by atoms with E-state index >= 15 is 0 Å². The third-order valence-corrected chi connectivity index (χ3v) is 7.83. The van der Waals surface area contributed by atoms with Crippen molar-refractivity contribution in [2.75, 3.05) is 12.9 Å². The molecular formula is C26H26BrN5O3S. The van der Waals surface area contributed by atoms with Crippen LogP contribution in [0.3, 0.4) is 0 Å². The highest BCUT2D eigenvalue weighted by Gasteiger charge is 2.26. The fourth-order valence-electron chi connectivity index (χ4n) is 4.57. The van der Waals surface area contributed by atoms with Crippen molar-refractivity contribution in [3.63, 3.8) is 0 Å². The summed E-state index contributed by atoms with van der Waals surface area (Å²) < 4.78 is 8.16. The van der Waals surface area contributed by atoms with Gasteiger partial charge in [0, 0.05) is 16.1 Å². The molecule has 4 aromatic rings. The monoisotopic (exact) mass is 567 g/mol. The van der Waals surface area contributed by atoms with Gasteiger partial charge in [-0.25, -0.2) is 9.78 Å². The number of aliphatic hydroxyl groups is 1. The number of ether oxygens (including phenoxy) is 1. The lowest BCUT2D eigenvalue weighted by Crippen LogP contribution is -2.15. The standard InChI is InChI=1S/C26H26BrN5O3S/c1-35-25(34)22(23-28-19-9-5-6-10-20(19)29-23)21(33)15-36-26-31-30-24(16-11-13-17(27)14-12-16)32(26)18-7-3-2-4-8-18/h5-6,9-14,18,33H,2-4,7-8,15H2,1H3,(H,28,29)/b22-21+. The van der Waals surface area contributed by atoms with Crippen molar-refractivity contribution >= 4 is 50.3 Å². The number of fused-ring (bicyclic) bond motifs is 1. The first kappa shape index (κ1) is 24.6. The molecule has 0 aliphatic heterocycles. The van der Waals surface area contributed by atoms with Crippen LogP contribution >= 0.6 is 27.7 Å². The first-order valence-corrected chi connectivity index (χ1v) is 13.6. The summed E-state index contributed by atoms with van der Waals surface area (Å²) in [6.45, 7) is 0. The summed E-state index contributed by atoms with van der Waals surface area (Å²) in [5.41, 5.74) is 2.47. The lowest BCUT2D eigenvalue weighted by atomic mass is 9.95. The number of benzene rings is 2. The van der Waals surface area contributed by atoms with E-state index < -0.39 is 5.97 Å². The maximum Gasteiger partial charge on any atom is 0.345 e. The number of carbonyl (C=O) groups is 1. The zero-order valence-corrected chi connectivity index (χ0v) is 22.2. The first-order valence-electron chi connectivity index (χ1n) is 11.8. The topological polar surface area (TPSA) is 106 Å². The number of nitrogens with one attached hydrogen (secondary N) is 1. The first-order chi connectivity index (χ1) is 17.5. The van der Waals surface area contributed by atoms with Crippen LogP contribution in [-0.4, -0.2) is 48.7 Å². The lowest BCUT2D eigenvalue weighted by Gasteiger charge is -2.25. The van der Waals surface area contributed by atoms with Crippen LogP contribution in [0.25, 0.3) is 28.0 Å². The zero-order valence-electron chi connectivity index (χ0n) is 19.8. The average Bonchev–Trinajstić information content (AvgIpc) is 3.52. The molecule has 0 radical (unpaired) electrons. The van der Waals surface area contributed by atoms with Gasteiger partial charge >= 0.3 is 5.97 Å². The quantitative estimate of drug-likeness (QED) is 0.116. The van der Waals surface area contributed by atoms with Gasteiger partial charge in [0.2, 0.25) is 0 Å². The van der Waals surface area contributed by atoms with Crippen molar-refractivity contribution in [2.45, 2.75) is 43.3 Å². The molecule has 1 saturated carbocycles. The van der Waals surface area contributed by atoms with Crippen LogP contribution in [0.15, 0.2) is 63.9 Å². The number of methoxy groups -OCH3 is 1. The van der Waals surface area contributed by atoms with Crippen LogP contribution in [0.4, 0.5) is 0 Å². The predicted octanol–water partition coefficient (Wildman–Crippen LogP) is 6.32. The van der Waals surface area contributed by atoms with Gasteiger partial charge in [-0.2, -0.15) is 0 Å². The molecule has 1 aliphatic rings. The highest BCUT2D eigenvalue weighted by atomic mass is 79.9. The van der Waals surface area contributed by atoms with E-state index in [1.165, 1.54) is 25.3 Å². The van der Waals surface area contributed by atoms with Crippen LogP contribution in [0.2, 0.25) is 0 Å². The average molecular weight is 568 g/mol. The lowest BCUT2D eigenvalue weighted by molar-refractivity contribution is -0.133. The molecule has 10 heteroatoms. The number of carbonyl (C=O) groups excluding carboxylic acids is 1. The van der Waals surface area contributed by atoms with Crippen molar-refractivity contribution in [2.24, 2.45) is 0 Å². The minimum absolute atomic E-state index is 0.0121. The van der Waals surface area contributed by atoms with Crippen molar-refractivity contribution in [1.82, 2.24) is 24.7 Å². The van der Waals surface area contributed by atoms with Gasteiger partial charge in [0.1, 0.15) is 17.2 Å². The molecule has 1 fully saturated rings. The van der Waals surface area contributed by atoms with Crippen LogP contribution in [0.5, 0.6) is 0 Å². The number of halogens is 1. The number of nitrogens with zero attached hydrogens (tertiary/aromatic N) is 4. The molecule has 1 aliphatic carbocycles. The van der Waals surface area contributed by atoms with E-state index in [-0.39, 0.29) is 29.0 Å². The van der Waals surface area contributed by atoms with Crippen molar-refractivity contribution < 1.29 is 14.6 Å². The van der Waals surface area contributed by atoms with E-state index in [9.17, 15) is 9.90 Å². The summed E-state index contributed by atoms with van der Waals surface area (Å²) in [6, 6.07) is 15.8. The largest absolute Gasteiger partial charge is 0.510 e. The molecule has 8 nitrogen and oxygen atoms in total. The number of aromatic amines is 1. The Balaban J connectivity index is 1.48. The second-order valence-electron chi connectivity index (χ2n) is 8.68. The predicted molar refractivity (Wildman–Crippen MR) is 144 cm³/mol. The SMILES string of the molecule is COC(=O)/C(=C(/O)CSc1nnc(-c2ccc(Br)cc2)n1C1CCCCC1)c1nc2ccccc2[nH]1. The van der Waals surface area contributed by atoms with Crippen LogP contribution < -0.4 is 0 Å². The van der Waals surface area contributed by atoms with E-state index in [2.05, 4.69) is 40.7 Å². The molecule has 0 bridgehead atoms. The molecule has 186 valence electrons. The molecule has 5 rings (SSSR count). The summed E-state index contributed by atoms with van der Waals surface area (Å²) >= 11 is 4.84. The van der Waals surface area contributed by atoms with Gasteiger partial charge in [0.05, 0.1) is 23.9 Å². The van der Waals surface area contributed by atoms with Crippen molar-refractivity contribution in [3.8, 4) is 11.4 Å². The van der Waals surface area contributed by atoms with Crippen LogP contribution in [-0.2, 0) is 9.53 Å². The highest BCUT2D eigenvalue weighted by molar-refractivity contribution is 9.10. The molecule has 2 aromatic carbocycles. The Labute approximate surface area is 221 Å². The summed E-state index contributed by atoms with van der Waals surface area (Å²) in [5, 5.41) is 20.8. The number of H-pyrrole nitrogens is 1. The second kappa shape index (κ2) is 10.9. The van der Waals surface area contributed by atoms with E-state index in [1.807, 2.05) is 48.5 Å². The normalized spacial score (nSPS) is 15.2. The Hall–Kier alpha value is -3.11. The van der Waals surface area contributed by atoms with Gasteiger partial charge in [-0.05, 0) is 37.1 Å². The number of rotatable bonds is 7. The van der Waals surface area contributed by atoms with Gasteiger partial charge in [-0.3, -0.25) is 4.57 Å². The summed E-state index contributed by atoms with van der Waals surface area (Å²) in [5.74, 6) is 0.411. The van der Waals surface area contributed by atoms with Gasteiger partial charge < -0.3 is 14.8 Å². The van der Waals surface area contributed by atoms with E-state index in [0.717, 1.165) is 47.1 Å². The number of esters is 1. The van der Waals surface area contributed by atoms with E-state index in [4.69, 9.17) is 4.74 Å². The highest BCUT2D eigenvalue weighted by Crippen LogP contribution is 2.36. The Morgan fingerprint density at radius 3 is 2.61 bits per heavy atom. The van der Waals surface area contributed by atoms with E-state index in [1.54, 1.807) is 0 Å². The molecule has 0 atom stereocenters. The fourth-order valence-corrected chi connectivity index (χ4v) is 5.72. The third-order valence-electron chi connectivity index (χ3n) is 6.35. The fraction of sp³-hybridized carbons (Fsp3) is 0.308. The number of para-hydroxylation sites is 2. The van der Waals surface area contributed by atoms with Gasteiger partial charge in [0.25, 0.3) is 0 Å². The van der Waals surface area contributed by atoms with E-state index in [0.29, 0.717) is 10.7 Å². The summed E-state index contributed by atoms with van der Waals surface area (Å²) in [7, 11) is 1.29. The molecule has 2 heterocycles. The number of thioether (sulfide) groups is 1. The second-order valence-corrected chi connectivity index (χ2v) is 10.5. The molecule has 0 saturated heterocycles. The molecule has 36 heavy (non-hydrogen) atoms. The molecule has 0 unspecified atom stereocenters. The number of aliphatic hydroxyl groups excluding tert-OH is 1. The van der Waals surface area contributed by atoms with Crippen LogP contribution in [0, 0.1) is 0 Å². The number of hydrogen-bond acceptors (Lipinski definition) is 7. The van der Waals surface area contributed by atoms with Gasteiger partial charge in [0.15, 0.2) is 11.0 Å². The number of imidazole rings is 1. The maximum absolute atomic E-state index is 12.6. The smallest absolute Gasteiger partial charge is 0.345 e. The zero-order chi connectivity index (χ0) is 25.1. The molecule has 0 amide bonds. The Morgan fingerprint density at radius 1 is 1.14 bits per heavy atom. The van der Waals surface area contributed by atoms with Gasteiger partial charge in [-0.15, -0.1) is 10.2 Å². The minimum Gasteiger partial charge on any atom is -0.510 e. The Bertz CT molecular complexity index is 1370. The van der Waals surface area contributed by atoms with Crippen molar-refractivity contribution in [1.29, 1.82) is 0 Å². The van der Waals surface area contributed by atoms with Crippen LogP contribution in [0.1, 0.15) is 44.0 Å². The molecule has 2 N–H and O–H groups in total. The molecule has 0 spiro atoms.